The molecule has 0 saturated carbocycles. The van der Waals surface area contributed by atoms with E-state index in [0.29, 0.717) is 19.6 Å². The smallest absolute Gasteiger partial charge is 0.410 e. The van der Waals surface area contributed by atoms with Crippen LogP contribution in [0, 0.1) is 6.92 Å². The first kappa shape index (κ1) is 23.6. The van der Waals surface area contributed by atoms with E-state index in [1.54, 1.807) is 40.0 Å². The van der Waals surface area contributed by atoms with Gasteiger partial charge in [-0.05, 0) is 46.2 Å². The number of methoxy groups -OCH3 is 1. The lowest BCUT2D eigenvalue weighted by Gasteiger charge is -2.28. The number of benzene rings is 1. The lowest BCUT2D eigenvalue weighted by molar-refractivity contribution is 0.00478. The van der Waals surface area contributed by atoms with E-state index in [-0.39, 0.29) is 24.1 Å². The van der Waals surface area contributed by atoms with E-state index in [0.717, 1.165) is 5.56 Å². The standard InChI is InChI=1S/C20H31NO7S/c1-15-6-8-18(9-7-15)29(23,24)28-17-12-16(14-26-11-10-25-5)21(13-17)19(22)27-20(2,3)4/h6-9,16-17H,10-14H2,1-5H3. The van der Waals surface area contributed by atoms with Crippen LogP contribution in [-0.2, 0) is 28.5 Å². The maximum absolute atomic E-state index is 12.6. The Kier molecular flexibility index (Phi) is 8.04. The Labute approximate surface area is 173 Å². The van der Waals surface area contributed by atoms with E-state index in [1.807, 2.05) is 6.92 Å². The van der Waals surface area contributed by atoms with E-state index in [9.17, 15) is 13.2 Å². The van der Waals surface area contributed by atoms with Gasteiger partial charge in [-0.15, -0.1) is 0 Å². The third-order valence-corrected chi connectivity index (χ3v) is 5.69. The molecule has 0 bridgehead atoms. The van der Waals surface area contributed by atoms with Crippen molar-refractivity contribution in [3.63, 3.8) is 0 Å². The van der Waals surface area contributed by atoms with Gasteiger partial charge in [0.2, 0.25) is 0 Å². The van der Waals surface area contributed by atoms with Crippen molar-refractivity contribution in [2.24, 2.45) is 0 Å². The van der Waals surface area contributed by atoms with E-state index in [2.05, 4.69) is 0 Å². The van der Waals surface area contributed by atoms with Crippen LogP contribution < -0.4 is 0 Å². The molecule has 0 radical (unpaired) electrons. The first-order valence-electron chi connectivity index (χ1n) is 9.58. The zero-order valence-electron chi connectivity index (χ0n) is 17.7. The van der Waals surface area contributed by atoms with Crippen molar-refractivity contribution in [3.8, 4) is 0 Å². The molecule has 1 amide bonds. The first-order valence-corrected chi connectivity index (χ1v) is 11.0. The highest BCUT2D eigenvalue weighted by atomic mass is 32.2. The first-order chi connectivity index (χ1) is 13.5. The van der Waals surface area contributed by atoms with Gasteiger partial charge < -0.3 is 19.1 Å². The fraction of sp³-hybridized carbons (Fsp3) is 0.650. The molecule has 1 aliphatic heterocycles. The second kappa shape index (κ2) is 9.88. The molecule has 164 valence electrons. The molecular formula is C20H31NO7S. The van der Waals surface area contributed by atoms with Gasteiger partial charge in [-0.2, -0.15) is 8.42 Å². The minimum atomic E-state index is -3.94. The number of nitrogens with zero attached hydrogens (tertiary/aromatic N) is 1. The Morgan fingerprint density at radius 1 is 1.17 bits per heavy atom. The SMILES string of the molecule is COCCOCC1CC(OS(=O)(=O)c2ccc(C)cc2)CN1C(=O)OC(C)(C)C. The molecule has 0 N–H and O–H groups in total. The second-order valence-corrected chi connectivity index (χ2v) is 9.65. The average molecular weight is 430 g/mol. The normalized spacial score (nSPS) is 20.1. The summed E-state index contributed by atoms with van der Waals surface area (Å²) < 4.78 is 46.6. The quantitative estimate of drug-likeness (QED) is 0.463. The monoisotopic (exact) mass is 429 g/mol. The summed E-state index contributed by atoms with van der Waals surface area (Å²) in [6.45, 7) is 8.37. The summed E-state index contributed by atoms with van der Waals surface area (Å²) in [5.41, 5.74) is 0.292. The highest BCUT2D eigenvalue weighted by Gasteiger charge is 2.40. The zero-order chi connectivity index (χ0) is 21.7. The number of hydrogen-bond donors (Lipinski definition) is 0. The lowest BCUT2D eigenvalue weighted by Crippen LogP contribution is -2.42. The van der Waals surface area contributed by atoms with Crippen LogP contribution in [0.15, 0.2) is 29.2 Å². The van der Waals surface area contributed by atoms with Crippen LogP contribution in [0.3, 0.4) is 0 Å². The molecule has 9 heteroatoms. The minimum absolute atomic E-state index is 0.0895. The van der Waals surface area contributed by atoms with Gasteiger partial charge in [0, 0.05) is 7.11 Å². The van der Waals surface area contributed by atoms with Gasteiger partial charge in [0.15, 0.2) is 0 Å². The van der Waals surface area contributed by atoms with Crippen LogP contribution in [0.2, 0.25) is 0 Å². The molecule has 1 fully saturated rings. The molecule has 0 spiro atoms. The fourth-order valence-corrected chi connectivity index (χ4v) is 4.03. The maximum atomic E-state index is 12.6. The van der Waals surface area contributed by atoms with E-state index < -0.39 is 27.9 Å². The Morgan fingerprint density at radius 3 is 2.41 bits per heavy atom. The zero-order valence-corrected chi connectivity index (χ0v) is 18.5. The van der Waals surface area contributed by atoms with E-state index >= 15 is 0 Å². The molecule has 0 aromatic heterocycles. The molecule has 1 saturated heterocycles. The van der Waals surface area contributed by atoms with E-state index in [1.165, 1.54) is 17.0 Å². The van der Waals surface area contributed by atoms with Gasteiger partial charge in [0.1, 0.15) is 5.60 Å². The topological polar surface area (TPSA) is 91.4 Å². The summed E-state index contributed by atoms with van der Waals surface area (Å²) in [4.78, 5) is 14.2. The summed E-state index contributed by atoms with van der Waals surface area (Å²) in [6, 6.07) is 6.10. The number of carbonyl (C=O) groups excluding carboxylic acids is 1. The Balaban J connectivity index is 2.08. The molecular weight excluding hydrogens is 398 g/mol. The Bertz CT molecular complexity index is 771. The summed E-state index contributed by atoms with van der Waals surface area (Å²) in [6.07, 6.45) is -0.862. The van der Waals surface area contributed by atoms with Crippen molar-refractivity contribution in [1.82, 2.24) is 4.90 Å². The van der Waals surface area contributed by atoms with Crippen molar-refractivity contribution >= 4 is 16.2 Å². The summed E-state index contributed by atoms with van der Waals surface area (Å²) in [5, 5.41) is 0. The number of ether oxygens (including phenoxy) is 3. The van der Waals surface area contributed by atoms with Crippen LogP contribution in [0.4, 0.5) is 4.79 Å². The Morgan fingerprint density at radius 2 is 1.83 bits per heavy atom. The molecule has 29 heavy (non-hydrogen) atoms. The van der Waals surface area contributed by atoms with Gasteiger partial charge in [-0.25, -0.2) is 4.79 Å². The summed E-state index contributed by atoms with van der Waals surface area (Å²) in [7, 11) is -2.36. The van der Waals surface area contributed by atoms with Crippen LogP contribution in [-0.4, -0.2) is 70.6 Å². The molecule has 0 aliphatic carbocycles. The molecule has 2 unspecified atom stereocenters. The minimum Gasteiger partial charge on any atom is -0.444 e. The van der Waals surface area contributed by atoms with Crippen LogP contribution in [0.1, 0.15) is 32.8 Å². The van der Waals surface area contributed by atoms with Crippen molar-refractivity contribution in [1.29, 1.82) is 0 Å². The van der Waals surface area contributed by atoms with Crippen LogP contribution >= 0.6 is 0 Å². The maximum Gasteiger partial charge on any atom is 0.410 e. The summed E-state index contributed by atoms with van der Waals surface area (Å²) in [5.74, 6) is 0. The molecule has 1 heterocycles. The number of amides is 1. The predicted molar refractivity (Wildman–Crippen MR) is 107 cm³/mol. The van der Waals surface area contributed by atoms with Crippen molar-refractivity contribution in [2.75, 3.05) is 33.5 Å². The average Bonchev–Trinajstić information content (AvgIpc) is 3.00. The summed E-state index contributed by atoms with van der Waals surface area (Å²) >= 11 is 0. The highest BCUT2D eigenvalue weighted by molar-refractivity contribution is 7.86. The van der Waals surface area contributed by atoms with Crippen molar-refractivity contribution < 1.29 is 31.6 Å². The van der Waals surface area contributed by atoms with Gasteiger partial charge in [-0.1, -0.05) is 17.7 Å². The van der Waals surface area contributed by atoms with Gasteiger partial charge in [0.05, 0.1) is 43.4 Å². The molecule has 1 aliphatic rings. The number of rotatable bonds is 8. The molecule has 2 rings (SSSR count). The predicted octanol–water partition coefficient (Wildman–Crippen LogP) is 2.74. The number of hydrogen-bond acceptors (Lipinski definition) is 7. The fourth-order valence-electron chi connectivity index (χ4n) is 2.95. The molecule has 1 aromatic carbocycles. The van der Waals surface area contributed by atoms with Crippen LogP contribution in [0.25, 0.3) is 0 Å². The van der Waals surface area contributed by atoms with Gasteiger partial charge in [0.25, 0.3) is 10.1 Å². The second-order valence-electron chi connectivity index (χ2n) is 8.08. The van der Waals surface area contributed by atoms with Crippen LogP contribution in [0.5, 0.6) is 0 Å². The molecule has 2 atom stereocenters. The lowest BCUT2D eigenvalue weighted by atomic mass is 10.2. The van der Waals surface area contributed by atoms with Crippen molar-refractivity contribution in [2.45, 2.75) is 56.8 Å². The highest BCUT2D eigenvalue weighted by Crippen LogP contribution is 2.26. The van der Waals surface area contributed by atoms with E-state index in [4.69, 9.17) is 18.4 Å². The number of aryl methyl sites for hydroxylation is 1. The van der Waals surface area contributed by atoms with Gasteiger partial charge >= 0.3 is 6.09 Å². The molecule has 1 aromatic rings. The van der Waals surface area contributed by atoms with Gasteiger partial charge in [-0.3, -0.25) is 4.18 Å². The number of likely N-dealkylation sites (tertiary alicyclic amines) is 1. The third-order valence-electron chi connectivity index (χ3n) is 4.32. The molecule has 8 nitrogen and oxygen atoms in total. The largest absolute Gasteiger partial charge is 0.444 e. The van der Waals surface area contributed by atoms with Crippen molar-refractivity contribution in [3.05, 3.63) is 29.8 Å². The number of carbonyl (C=O) groups is 1. The Hall–Kier alpha value is -1.68. The third kappa shape index (κ3) is 7.26.